The smallest absolute Gasteiger partial charge is 0.235 e. The molecule has 8 heteroatoms. The third-order valence-corrected chi connectivity index (χ3v) is 7.44. The van der Waals surface area contributed by atoms with Gasteiger partial charge in [0, 0.05) is 31.2 Å². The maximum absolute atomic E-state index is 12.7. The number of thioether (sulfide) groups is 1. The van der Waals surface area contributed by atoms with Crippen LogP contribution in [0.3, 0.4) is 0 Å². The van der Waals surface area contributed by atoms with E-state index in [1.807, 2.05) is 42.8 Å². The molecule has 1 aromatic carbocycles. The molecule has 0 bridgehead atoms. The van der Waals surface area contributed by atoms with E-state index >= 15 is 0 Å². The van der Waals surface area contributed by atoms with Gasteiger partial charge < -0.3 is 4.90 Å². The number of benzene rings is 1. The average molecular weight is 394 g/mol. The highest BCUT2D eigenvalue weighted by Gasteiger charge is 2.34. The Kier molecular flexibility index (Phi) is 5.43. The average Bonchev–Trinajstić information content (AvgIpc) is 3.19. The molecular formula is C18H23N3O3S2. The van der Waals surface area contributed by atoms with Gasteiger partial charge in [0.1, 0.15) is 0 Å². The number of carbonyl (C=O) groups excluding carboxylic acids is 1. The molecule has 2 unspecified atom stereocenters. The number of sulfone groups is 1. The van der Waals surface area contributed by atoms with Gasteiger partial charge in [-0.25, -0.2) is 13.4 Å². The van der Waals surface area contributed by atoms with Crippen LogP contribution in [0.2, 0.25) is 0 Å². The summed E-state index contributed by atoms with van der Waals surface area (Å²) in [7, 11) is -1.32. The Bertz CT molecular complexity index is 908. The summed E-state index contributed by atoms with van der Waals surface area (Å²) in [5.41, 5.74) is 2.15. The molecule has 1 aromatic heterocycles. The molecule has 3 rings (SSSR count). The van der Waals surface area contributed by atoms with Crippen molar-refractivity contribution < 1.29 is 13.2 Å². The summed E-state index contributed by atoms with van der Waals surface area (Å²) in [6.45, 7) is 3.87. The Morgan fingerprint density at radius 3 is 2.85 bits per heavy atom. The van der Waals surface area contributed by atoms with Crippen molar-refractivity contribution in [2.75, 3.05) is 18.6 Å². The van der Waals surface area contributed by atoms with Gasteiger partial charge in [0.2, 0.25) is 5.91 Å². The first kappa shape index (κ1) is 19.0. The van der Waals surface area contributed by atoms with Crippen LogP contribution in [0.1, 0.15) is 18.9 Å². The highest BCUT2D eigenvalue weighted by Crippen LogP contribution is 2.27. The van der Waals surface area contributed by atoms with Crippen molar-refractivity contribution in [3.05, 3.63) is 42.2 Å². The van der Waals surface area contributed by atoms with Gasteiger partial charge in [0.05, 0.1) is 16.8 Å². The van der Waals surface area contributed by atoms with Crippen LogP contribution >= 0.6 is 11.8 Å². The normalized spacial score (nSPS) is 20.0. The highest BCUT2D eigenvalue weighted by atomic mass is 32.2. The summed E-state index contributed by atoms with van der Waals surface area (Å²) in [6, 6.07) is 7.85. The number of amides is 1. The molecule has 2 atom stereocenters. The molecule has 0 N–H and O–H groups in total. The Hall–Kier alpha value is -1.80. The summed E-state index contributed by atoms with van der Waals surface area (Å²) in [5.74, 6) is 0.148. The van der Waals surface area contributed by atoms with Crippen molar-refractivity contribution in [3.63, 3.8) is 0 Å². The Balaban J connectivity index is 1.72. The van der Waals surface area contributed by atoms with E-state index in [1.165, 1.54) is 11.8 Å². The topological polar surface area (TPSA) is 72.3 Å². The van der Waals surface area contributed by atoms with Crippen LogP contribution in [-0.4, -0.2) is 58.6 Å². The number of hydrogen-bond donors (Lipinski definition) is 0. The molecule has 1 aliphatic heterocycles. The van der Waals surface area contributed by atoms with Gasteiger partial charge in [-0.05, 0) is 38.0 Å². The lowest BCUT2D eigenvalue weighted by Gasteiger charge is -2.26. The standard InChI is InChI=1S/C18H23N3O3S2/c1-13-5-4-6-15(11-13)21-9-8-19-18(21)25-14(2)17(22)20(3)16-7-10-26(23,24)12-16/h4-6,8-9,11,14,16H,7,10,12H2,1-3H3. The van der Waals surface area contributed by atoms with Crippen LogP contribution in [0.25, 0.3) is 5.69 Å². The van der Waals surface area contributed by atoms with Crippen LogP contribution < -0.4 is 0 Å². The highest BCUT2D eigenvalue weighted by molar-refractivity contribution is 8.00. The van der Waals surface area contributed by atoms with Crippen molar-refractivity contribution in [3.8, 4) is 5.69 Å². The fourth-order valence-electron chi connectivity index (χ4n) is 3.11. The first-order valence-electron chi connectivity index (χ1n) is 8.51. The molecule has 1 amide bonds. The van der Waals surface area contributed by atoms with Crippen molar-refractivity contribution in [1.82, 2.24) is 14.5 Å². The number of nitrogens with zero attached hydrogens (tertiary/aromatic N) is 3. The molecule has 1 aliphatic rings. The molecule has 0 radical (unpaired) electrons. The lowest BCUT2D eigenvalue weighted by molar-refractivity contribution is -0.130. The predicted molar refractivity (Wildman–Crippen MR) is 103 cm³/mol. The number of aromatic nitrogens is 2. The Morgan fingerprint density at radius 2 is 2.19 bits per heavy atom. The third kappa shape index (κ3) is 4.12. The Morgan fingerprint density at radius 1 is 1.42 bits per heavy atom. The molecule has 140 valence electrons. The predicted octanol–water partition coefficient (Wildman–Crippen LogP) is 2.31. The third-order valence-electron chi connectivity index (χ3n) is 4.62. The minimum atomic E-state index is -3.01. The molecule has 2 aromatic rings. The van der Waals surface area contributed by atoms with Crippen molar-refractivity contribution in [2.45, 2.75) is 36.7 Å². The van der Waals surface area contributed by atoms with E-state index in [9.17, 15) is 13.2 Å². The molecule has 2 heterocycles. The van der Waals surface area contributed by atoms with Gasteiger partial charge in [-0.1, -0.05) is 23.9 Å². The largest absolute Gasteiger partial charge is 0.341 e. The van der Waals surface area contributed by atoms with Crippen LogP contribution in [0.5, 0.6) is 0 Å². The number of carbonyl (C=O) groups is 1. The molecule has 26 heavy (non-hydrogen) atoms. The van der Waals surface area contributed by atoms with Gasteiger partial charge in [0.15, 0.2) is 15.0 Å². The first-order chi connectivity index (χ1) is 12.3. The van der Waals surface area contributed by atoms with Crippen molar-refractivity contribution in [1.29, 1.82) is 0 Å². The van der Waals surface area contributed by atoms with Gasteiger partial charge in [-0.2, -0.15) is 0 Å². The van der Waals surface area contributed by atoms with E-state index in [2.05, 4.69) is 11.1 Å². The monoisotopic (exact) mass is 393 g/mol. The lowest BCUT2D eigenvalue weighted by Crippen LogP contribution is -2.41. The van der Waals surface area contributed by atoms with Gasteiger partial charge in [0.25, 0.3) is 0 Å². The summed E-state index contributed by atoms with van der Waals surface area (Å²) in [6.07, 6.45) is 4.11. The van der Waals surface area contributed by atoms with E-state index in [0.29, 0.717) is 6.42 Å². The zero-order valence-corrected chi connectivity index (χ0v) is 16.8. The van der Waals surface area contributed by atoms with E-state index in [-0.39, 0.29) is 28.7 Å². The Labute approximate surface area is 158 Å². The quantitative estimate of drug-likeness (QED) is 0.729. The maximum Gasteiger partial charge on any atom is 0.235 e. The van der Waals surface area contributed by atoms with Gasteiger partial charge in [-0.15, -0.1) is 0 Å². The van der Waals surface area contributed by atoms with Crippen LogP contribution in [0.15, 0.2) is 41.8 Å². The molecule has 0 saturated carbocycles. The minimum Gasteiger partial charge on any atom is -0.341 e. The maximum atomic E-state index is 12.7. The van der Waals surface area contributed by atoms with E-state index < -0.39 is 9.84 Å². The molecule has 0 spiro atoms. The number of imidazole rings is 1. The number of aryl methyl sites for hydroxylation is 1. The number of hydrogen-bond acceptors (Lipinski definition) is 5. The second-order valence-corrected chi connectivity index (χ2v) is 10.2. The van der Waals surface area contributed by atoms with Gasteiger partial charge in [-0.3, -0.25) is 9.36 Å². The molecule has 6 nitrogen and oxygen atoms in total. The molecule has 0 aliphatic carbocycles. The van der Waals surface area contributed by atoms with Crippen molar-refractivity contribution >= 4 is 27.5 Å². The summed E-state index contributed by atoms with van der Waals surface area (Å²) in [4.78, 5) is 18.7. The van der Waals surface area contributed by atoms with E-state index in [1.54, 1.807) is 18.1 Å². The molecular weight excluding hydrogens is 370 g/mol. The van der Waals surface area contributed by atoms with Crippen molar-refractivity contribution in [2.24, 2.45) is 0 Å². The SMILES string of the molecule is Cc1cccc(-n2ccnc2SC(C)C(=O)N(C)C2CCS(=O)(=O)C2)c1. The fourth-order valence-corrected chi connectivity index (χ4v) is 5.87. The second-order valence-electron chi connectivity index (χ2n) is 6.68. The molecule has 1 saturated heterocycles. The second kappa shape index (κ2) is 7.44. The molecule has 1 fully saturated rings. The van der Waals surface area contributed by atoms with E-state index in [0.717, 1.165) is 16.4 Å². The number of rotatable bonds is 5. The summed E-state index contributed by atoms with van der Waals surface area (Å²) in [5, 5.41) is 0.387. The minimum absolute atomic E-state index is 0.0601. The van der Waals surface area contributed by atoms with Crippen LogP contribution in [0, 0.1) is 6.92 Å². The van der Waals surface area contributed by atoms with Crippen LogP contribution in [-0.2, 0) is 14.6 Å². The van der Waals surface area contributed by atoms with E-state index in [4.69, 9.17) is 0 Å². The zero-order valence-electron chi connectivity index (χ0n) is 15.1. The summed E-state index contributed by atoms with van der Waals surface area (Å²) < 4.78 is 25.3. The summed E-state index contributed by atoms with van der Waals surface area (Å²) >= 11 is 1.38. The zero-order chi connectivity index (χ0) is 18.9. The van der Waals surface area contributed by atoms with Crippen LogP contribution in [0.4, 0.5) is 0 Å². The fraction of sp³-hybridized carbons (Fsp3) is 0.444. The van der Waals surface area contributed by atoms with Gasteiger partial charge >= 0.3 is 0 Å². The lowest BCUT2D eigenvalue weighted by atomic mass is 10.2. The first-order valence-corrected chi connectivity index (χ1v) is 11.2.